The zero-order chi connectivity index (χ0) is 22.5. The maximum Gasteiger partial charge on any atom is 0.329 e. The van der Waals surface area contributed by atoms with E-state index in [1.807, 2.05) is 51.1 Å². The van der Waals surface area contributed by atoms with E-state index in [4.69, 9.17) is 0 Å². The van der Waals surface area contributed by atoms with Gasteiger partial charge in [-0.25, -0.2) is 9.78 Å². The first-order chi connectivity index (χ1) is 14.9. The van der Waals surface area contributed by atoms with Gasteiger partial charge in [-0.05, 0) is 24.0 Å². The third-order valence-electron chi connectivity index (χ3n) is 5.09. The molecule has 7 heteroatoms. The number of nitrogens with zero attached hydrogens (tertiary/aromatic N) is 3. The van der Waals surface area contributed by atoms with Crippen LogP contribution in [0.4, 0.5) is 0 Å². The van der Waals surface area contributed by atoms with Crippen LogP contribution in [-0.4, -0.2) is 31.9 Å². The second kappa shape index (κ2) is 9.55. The van der Waals surface area contributed by atoms with Crippen molar-refractivity contribution in [2.24, 2.45) is 0 Å². The fourth-order valence-electron chi connectivity index (χ4n) is 3.54. The monoisotopic (exact) mass is 420 g/mol. The van der Waals surface area contributed by atoms with Gasteiger partial charge < -0.3 is 4.90 Å². The molecule has 0 aliphatic heterocycles. The molecular weight excluding hydrogens is 392 g/mol. The Hall–Kier alpha value is -3.48. The molecule has 0 aliphatic rings. The SMILES string of the molecule is C=CCN(Cc1ccccc1)C(=O)c1cc(C(C)C)nc2c1c(=O)[nH]c(=O)n2CCC. The van der Waals surface area contributed by atoms with Crippen LogP contribution >= 0.6 is 0 Å². The number of aromatic amines is 1. The van der Waals surface area contributed by atoms with E-state index in [2.05, 4.69) is 16.5 Å². The molecule has 0 saturated heterocycles. The maximum atomic E-state index is 13.6. The number of carbonyl (C=O) groups is 1. The third kappa shape index (κ3) is 4.66. The van der Waals surface area contributed by atoms with E-state index in [0.717, 1.165) is 5.56 Å². The Kier molecular flexibility index (Phi) is 6.84. The molecule has 1 amide bonds. The van der Waals surface area contributed by atoms with Crippen molar-refractivity contribution in [2.45, 2.75) is 46.2 Å². The van der Waals surface area contributed by atoms with E-state index < -0.39 is 11.2 Å². The Morgan fingerprint density at radius 3 is 2.58 bits per heavy atom. The summed E-state index contributed by atoms with van der Waals surface area (Å²) in [5, 5.41) is 0.143. The molecule has 7 nitrogen and oxygen atoms in total. The number of benzene rings is 1. The molecule has 162 valence electrons. The van der Waals surface area contributed by atoms with Crippen molar-refractivity contribution in [1.29, 1.82) is 0 Å². The lowest BCUT2D eigenvalue weighted by Gasteiger charge is -2.23. The number of aromatic nitrogens is 3. The van der Waals surface area contributed by atoms with Gasteiger partial charge in [-0.3, -0.25) is 19.1 Å². The van der Waals surface area contributed by atoms with Gasteiger partial charge in [-0.2, -0.15) is 0 Å². The largest absolute Gasteiger partial charge is 0.331 e. The van der Waals surface area contributed by atoms with E-state index in [0.29, 0.717) is 31.7 Å². The summed E-state index contributed by atoms with van der Waals surface area (Å²) < 4.78 is 1.44. The Balaban J connectivity index is 2.24. The fraction of sp³-hybridized carbons (Fsp3) is 0.333. The van der Waals surface area contributed by atoms with Crippen LogP contribution in [-0.2, 0) is 13.1 Å². The first kappa shape index (κ1) is 22.2. The Morgan fingerprint density at radius 2 is 1.97 bits per heavy atom. The lowest BCUT2D eigenvalue weighted by atomic mass is 10.0. The van der Waals surface area contributed by atoms with Gasteiger partial charge in [0.1, 0.15) is 0 Å². The van der Waals surface area contributed by atoms with Gasteiger partial charge in [0.25, 0.3) is 11.5 Å². The van der Waals surface area contributed by atoms with E-state index >= 15 is 0 Å². The van der Waals surface area contributed by atoms with Gasteiger partial charge in [0, 0.05) is 25.3 Å². The quantitative estimate of drug-likeness (QED) is 0.566. The molecule has 0 unspecified atom stereocenters. The topological polar surface area (TPSA) is 88.1 Å². The molecule has 0 fully saturated rings. The second-order valence-electron chi connectivity index (χ2n) is 7.82. The van der Waals surface area contributed by atoms with E-state index in [9.17, 15) is 14.4 Å². The number of aryl methyl sites for hydroxylation is 1. The highest BCUT2D eigenvalue weighted by atomic mass is 16.2. The molecule has 31 heavy (non-hydrogen) atoms. The van der Waals surface area contributed by atoms with E-state index in [1.54, 1.807) is 17.0 Å². The minimum Gasteiger partial charge on any atom is -0.331 e. The summed E-state index contributed by atoms with van der Waals surface area (Å²) >= 11 is 0. The summed E-state index contributed by atoms with van der Waals surface area (Å²) in [6.45, 7) is 10.7. The molecule has 0 spiro atoms. The van der Waals surface area contributed by atoms with Gasteiger partial charge in [-0.15, -0.1) is 6.58 Å². The smallest absolute Gasteiger partial charge is 0.329 e. The molecular formula is C24H28N4O3. The summed E-state index contributed by atoms with van der Waals surface area (Å²) in [7, 11) is 0. The highest BCUT2D eigenvalue weighted by Gasteiger charge is 2.23. The standard InChI is InChI=1S/C24H28N4O3/c1-5-12-27(15-17-10-8-7-9-11-17)23(30)18-14-19(16(3)4)25-21-20(18)22(29)26-24(31)28(21)13-6-2/h5,7-11,14,16H,1,6,12-13,15H2,2-4H3,(H,26,29,31). The van der Waals surface area contributed by atoms with Crippen LogP contribution in [0.5, 0.6) is 0 Å². The van der Waals surface area contributed by atoms with Crippen molar-refractivity contribution in [2.75, 3.05) is 6.54 Å². The number of amides is 1. The average Bonchev–Trinajstić information content (AvgIpc) is 2.75. The van der Waals surface area contributed by atoms with Crippen molar-refractivity contribution in [3.05, 3.63) is 86.7 Å². The number of nitrogens with one attached hydrogen (secondary N) is 1. The van der Waals surface area contributed by atoms with E-state index in [-0.39, 0.29) is 28.4 Å². The van der Waals surface area contributed by atoms with Crippen LogP contribution in [0, 0.1) is 0 Å². The Labute approximate surface area is 181 Å². The van der Waals surface area contributed by atoms with Gasteiger partial charge in [0.05, 0.1) is 10.9 Å². The molecule has 0 bridgehead atoms. The number of H-pyrrole nitrogens is 1. The normalized spacial score (nSPS) is 11.1. The van der Waals surface area contributed by atoms with Crippen LogP contribution in [0.15, 0.2) is 58.6 Å². The van der Waals surface area contributed by atoms with Crippen molar-refractivity contribution < 1.29 is 4.79 Å². The predicted octanol–water partition coefficient (Wildman–Crippen LogP) is 3.45. The summed E-state index contributed by atoms with van der Waals surface area (Å²) in [5.41, 5.74) is 1.01. The van der Waals surface area contributed by atoms with Crippen LogP contribution < -0.4 is 11.2 Å². The maximum absolute atomic E-state index is 13.6. The molecule has 1 N–H and O–H groups in total. The van der Waals surface area contributed by atoms with Crippen molar-refractivity contribution >= 4 is 16.9 Å². The van der Waals surface area contributed by atoms with Crippen LogP contribution in [0.3, 0.4) is 0 Å². The second-order valence-corrected chi connectivity index (χ2v) is 7.82. The van der Waals surface area contributed by atoms with Crippen molar-refractivity contribution in [3.8, 4) is 0 Å². The molecule has 2 heterocycles. The summed E-state index contributed by atoms with van der Waals surface area (Å²) in [5.74, 6) is -0.285. The lowest BCUT2D eigenvalue weighted by Crippen LogP contribution is -2.35. The number of hydrogen-bond acceptors (Lipinski definition) is 4. The fourth-order valence-corrected chi connectivity index (χ4v) is 3.54. The third-order valence-corrected chi connectivity index (χ3v) is 5.09. The zero-order valence-electron chi connectivity index (χ0n) is 18.2. The first-order valence-electron chi connectivity index (χ1n) is 10.5. The molecule has 0 aliphatic carbocycles. The minimum atomic E-state index is -0.600. The zero-order valence-corrected chi connectivity index (χ0v) is 18.2. The molecule has 0 atom stereocenters. The van der Waals surface area contributed by atoms with Gasteiger partial charge in [-0.1, -0.05) is 57.2 Å². The Morgan fingerprint density at radius 1 is 1.26 bits per heavy atom. The molecule has 0 saturated carbocycles. The lowest BCUT2D eigenvalue weighted by molar-refractivity contribution is 0.0764. The van der Waals surface area contributed by atoms with Crippen LogP contribution in [0.2, 0.25) is 0 Å². The Bertz CT molecular complexity index is 1210. The number of hydrogen-bond donors (Lipinski definition) is 1. The summed E-state index contributed by atoms with van der Waals surface area (Å²) in [6, 6.07) is 11.3. The predicted molar refractivity (Wildman–Crippen MR) is 122 cm³/mol. The summed E-state index contributed by atoms with van der Waals surface area (Å²) in [4.78, 5) is 47.5. The molecule has 0 radical (unpaired) electrons. The van der Waals surface area contributed by atoms with Gasteiger partial charge in [0.15, 0.2) is 5.65 Å². The number of rotatable bonds is 8. The van der Waals surface area contributed by atoms with Crippen molar-refractivity contribution in [3.63, 3.8) is 0 Å². The van der Waals surface area contributed by atoms with Crippen molar-refractivity contribution in [1.82, 2.24) is 19.4 Å². The number of carbonyl (C=O) groups excluding carboxylic acids is 1. The molecule has 3 rings (SSSR count). The highest BCUT2D eigenvalue weighted by molar-refractivity contribution is 6.05. The van der Waals surface area contributed by atoms with Crippen LogP contribution in [0.1, 0.15) is 54.7 Å². The van der Waals surface area contributed by atoms with E-state index in [1.165, 1.54) is 4.57 Å². The van der Waals surface area contributed by atoms with Gasteiger partial charge >= 0.3 is 5.69 Å². The number of fused-ring (bicyclic) bond motifs is 1. The first-order valence-corrected chi connectivity index (χ1v) is 10.5. The van der Waals surface area contributed by atoms with Crippen LogP contribution in [0.25, 0.3) is 11.0 Å². The molecule has 3 aromatic rings. The number of pyridine rings is 1. The van der Waals surface area contributed by atoms with Gasteiger partial charge in [0.2, 0.25) is 0 Å². The average molecular weight is 421 g/mol. The highest BCUT2D eigenvalue weighted by Crippen LogP contribution is 2.22. The minimum absolute atomic E-state index is 0.0161. The molecule has 1 aromatic carbocycles. The summed E-state index contributed by atoms with van der Waals surface area (Å²) in [6.07, 6.45) is 2.35. The molecule has 2 aromatic heterocycles.